The molecule has 2 aromatic heterocycles. The molecular formula is C14H22N4O4S. The summed E-state index contributed by atoms with van der Waals surface area (Å²) in [7, 11) is -3.58. The summed E-state index contributed by atoms with van der Waals surface area (Å²) in [6.45, 7) is 9.37. The van der Waals surface area contributed by atoms with Crippen LogP contribution in [0.2, 0.25) is 0 Å². The standard InChI is InChI=1S/C14H22N4O4S/c1-8(2)6-12-15-11(17-21-12)7-23(19,20)10(5)14-16-13(9(3)4)18-22-14/h8-10H,6-7H2,1-5H3. The highest BCUT2D eigenvalue weighted by Gasteiger charge is 2.30. The van der Waals surface area contributed by atoms with E-state index in [0.717, 1.165) is 0 Å². The Morgan fingerprint density at radius 1 is 1.00 bits per heavy atom. The Kier molecular flexibility index (Phi) is 5.18. The molecule has 128 valence electrons. The van der Waals surface area contributed by atoms with Crippen LogP contribution in [0.1, 0.15) is 69.2 Å². The Labute approximate surface area is 135 Å². The van der Waals surface area contributed by atoms with Crippen LogP contribution in [0.3, 0.4) is 0 Å². The monoisotopic (exact) mass is 342 g/mol. The Morgan fingerprint density at radius 2 is 1.70 bits per heavy atom. The predicted molar refractivity (Wildman–Crippen MR) is 82.3 cm³/mol. The Balaban J connectivity index is 2.12. The molecule has 2 rings (SSSR count). The molecule has 9 heteroatoms. The molecule has 0 N–H and O–H groups in total. The maximum atomic E-state index is 12.5. The van der Waals surface area contributed by atoms with Gasteiger partial charge >= 0.3 is 0 Å². The maximum Gasteiger partial charge on any atom is 0.244 e. The van der Waals surface area contributed by atoms with Crippen molar-refractivity contribution in [2.75, 3.05) is 0 Å². The summed E-state index contributed by atoms with van der Waals surface area (Å²) in [6.07, 6.45) is 0.615. The third-order valence-corrected chi connectivity index (χ3v) is 5.22. The number of nitrogens with zero attached hydrogens (tertiary/aromatic N) is 4. The zero-order valence-electron chi connectivity index (χ0n) is 14.0. The van der Waals surface area contributed by atoms with Gasteiger partial charge in [-0.15, -0.1) is 0 Å². The van der Waals surface area contributed by atoms with E-state index in [1.54, 1.807) is 0 Å². The minimum Gasteiger partial charge on any atom is -0.339 e. The highest BCUT2D eigenvalue weighted by molar-refractivity contribution is 7.90. The van der Waals surface area contributed by atoms with Crippen molar-refractivity contribution in [3.05, 3.63) is 23.4 Å². The van der Waals surface area contributed by atoms with Gasteiger partial charge in [0.15, 0.2) is 21.5 Å². The van der Waals surface area contributed by atoms with Crippen molar-refractivity contribution in [2.45, 2.75) is 58.0 Å². The molecule has 0 aromatic carbocycles. The molecule has 1 unspecified atom stereocenters. The van der Waals surface area contributed by atoms with Crippen LogP contribution in [-0.4, -0.2) is 28.7 Å². The first-order valence-electron chi connectivity index (χ1n) is 7.55. The Morgan fingerprint density at radius 3 is 2.26 bits per heavy atom. The topological polar surface area (TPSA) is 112 Å². The van der Waals surface area contributed by atoms with Gasteiger partial charge in [0, 0.05) is 12.3 Å². The number of hydrogen-bond acceptors (Lipinski definition) is 8. The van der Waals surface area contributed by atoms with E-state index in [0.29, 0.717) is 24.1 Å². The first-order valence-corrected chi connectivity index (χ1v) is 9.27. The number of aromatic nitrogens is 4. The summed E-state index contributed by atoms with van der Waals surface area (Å²) in [5.41, 5.74) is 0. The van der Waals surface area contributed by atoms with Gasteiger partial charge in [-0.3, -0.25) is 0 Å². The van der Waals surface area contributed by atoms with Gasteiger partial charge in [-0.25, -0.2) is 8.42 Å². The van der Waals surface area contributed by atoms with Crippen LogP contribution >= 0.6 is 0 Å². The minimum atomic E-state index is -3.58. The molecule has 0 bridgehead atoms. The van der Waals surface area contributed by atoms with Crippen LogP contribution in [0.25, 0.3) is 0 Å². The zero-order chi connectivity index (χ0) is 17.2. The third-order valence-electron chi connectivity index (χ3n) is 3.28. The Bertz CT molecular complexity index is 748. The largest absolute Gasteiger partial charge is 0.339 e. The molecule has 0 aliphatic rings. The van der Waals surface area contributed by atoms with E-state index in [1.807, 2.05) is 27.7 Å². The maximum absolute atomic E-state index is 12.5. The molecule has 23 heavy (non-hydrogen) atoms. The second kappa shape index (κ2) is 6.77. The van der Waals surface area contributed by atoms with Gasteiger partial charge in [-0.1, -0.05) is 38.0 Å². The van der Waals surface area contributed by atoms with E-state index in [4.69, 9.17) is 9.05 Å². The zero-order valence-corrected chi connectivity index (χ0v) is 14.8. The molecule has 0 aliphatic carbocycles. The average molecular weight is 342 g/mol. The number of sulfone groups is 1. The average Bonchev–Trinajstić information content (AvgIpc) is 3.06. The molecule has 0 amide bonds. The van der Waals surface area contributed by atoms with Gasteiger partial charge in [0.1, 0.15) is 11.0 Å². The lowest BCUT2D eigenvalue weighted by atomic mass is 10.1. The summed E-state index contributed by atoms with van der Waals surface area (Å²) in [4.78, 5) is 8.26. The van der Waals surface area contributed by atoms with Crippen molar-refractivity contribution in [1.82, 2.24) is 20.3 Å². The van der Waals surface area contributed by atoms with E-state index in [-0.39, 0.29) is 23.4 Å². The van der Waals surface area contributed by atoms with Crippen molar-refractivity contribution < 1.29 is 17.5 Å². The van der Waals surface area contributed by atoms with Crippen LogP contribution in [0.15, 0.2) is 9.05 Å². The molecule has 0 saturated carbocycles. The summed E-state index contributed by atoms with van der Waals surface area (Å²) in [5, 5.41) is 6.60. The van der Waals surface area contributed by atoms with Gasteiger partial charge in [-0.2, -0.15) is 9.97 Å². The lowest BCUT2D eigenvalue weighted by Gasteiger charge is -2.06. The lowest BCUT2D eigenvalue weighted by molar-refractivity contribution is 0.359. The van der Waals surface area contributed by atoms with E-state index in [2.05, 4.69) is 20.3 Å². The van der Waals surface area contributed by atoms with Crippen LogP contribution in [0, 0.1) is 5.92 Å². The van der Waals surface area contributed by atoms with Crippen molar-refractivity contribution in [3.8, 4) is 0 Å². The molecule has 2 aromatic rings. The number of hydrogen-bond donors (Lipinski definition) is 0. The molecule has 0 fully saturated rings. The second-order valence-electron chi connectivity index (χ2n) is 6.30. The lowest BCUT2D eigenvalue weighted by Crippen LogP contribution is -2.14. The smallest absolute Gasteiger partial charge is 0.244 e. The van der Waals surface area contributed by atoms with Crippen molar-refractivity contribution >= 4 is 9.84 Å². The van der Waals surface area contributed by atoms with Crippen LogP contribution in [-0.2, 0) is 22.0 Å². The number of rotatable bonds is 7. The molecule has 8 nitrogen and oxygen atoms in total. The van der Waals surface area contributed by atoms with E-state index in [9.17, 15) is 8.42 Å². The molecule has 0 saturated heterocycles. The third kappa shape index (κ3) is 4.37. The van der Waals surface area contributed by atoms with Gasteiger partial charge in [0.2, 0.25) is 11.8 Å². The predicted octanol–water partition coefficient (Wildman–Crippen LogP) is 2.45. The Hall–Kier alpha value is -1.77. The fourth-order valence-electron chi connectivity index (χ4n) is 1.89. The quantitative estimate of drug-likeness (QED) is 0.754. The normalized spacial score (nSPS) is 13.9. The molecule has 0 radical (unpaired) electrons. The summed E-state index contributed by atoms with van der Waals surface area (Å²) in [5.74, 6) is 1.26. The molecule has 0 aliphatic heterocycles. The highest BCUT2D eigenvalue weighted by Crippen LogP contribution is 2.24. The van der Waals surface area contributed by atoms with Gasteiger partial charge in [0.25, 0.3) is 0 Å². The summed E-state index contributed by atoms with van der Waals surface area (Å²) >= 11 is 0. The van der Waals surface area contributed by atoms with Gasteiger partial charge in [-0.05, 0) is 12.8 Å². The minimum absolute atomic E-state index is 0.0678. The fraction of sp³-hybridized carbons (Fsp3) is 0.714. The highest BCUT2D eigenvalue weighted by atomic mass is 32.2. The van der Waals surface area contributed by atoms with Crippen molar-refractivity contribution in [3.63, 3.8) is 0 Å². The van der Waals surface area contributed by atoms with Gasteiger partial charge in [0.05, 0.1) is 0 Å². The SMILES string of the molecule is CC(C)Cc1nc(CS(=O)(=O)C(C)c2nc(C(C)C)no2)no1. The van der Waals surface area contributed by atoms with E-state index < -0.39 is 15.1 Å². The van der Waals surface area contributed by atoms with E-state index in [1.165, 1.54) is 6.92 Å². The van der Waals surface area contributed by atoms with Crippen LogP contribution in [0.4, 0.5) is 0 Å². The van der Waals surface area contributed by atoms with Crippen molar-refractivity contribution in [1.29, 1.82) is 0 Å². The molecule has 1 atom stereocenters. The first-order chi connectivity index (χ1) is 10.7. The van der Waals surface area contributed by atoms with E-state index >= 15 is 0 Å². The van der Waals surface area contributed by atoms with Crippen LogP contribution in [0.5, 0.6) is 0 Å². The molecule has 0 spiro atoms. The molecule has 2 heterocycles. The van der Waals surface area contributed by atoms with Crippen LogP contribution < -0.4 is 0 Å². The second-order valence-corrected chi connectivity index (χ2v) is 8.62. The summed E-state index contributed by atoms with van der Waals surface area (Å²) < 4.78 is 35.1. The van der Waals surface area contributed by atoms with Gasteiger partial charge < -0.3 is 9.05 Å². The van der Waals surface area contributed by atoms with Crippen molar-refractivity contribution in [2.24, 2.45) is 5.92 Å². The molecular weight excluding hydrogens is 320 g/mol. The fourth-order valence-corrected chi connectivity index (χ4v) is 3.02. The first kappa shape index (κ1) is 17.6. The summed E-state index contributed by atoms with van der Waals surface area (Å²) in [6, 6.07) is 0.